The number of benzene rings is 6. The summed E-state index contributed by atoms with van der Waals surface area (Å²) in [5, 5.41) is 0.952. The van der Waals surface area contributed by atoms with E-state index in [-0.39, 0.29) is 0 Å². The highest BCUT2D eigenvalue weighted by Gasteiger charge is 2.51. The largest absolute Gasteiger partial charge is 0.463 e. The number of ether oxygens (including phenoxy) is 1. The van der Waals surface area contributed by atoms with E-state index in [0.29, 0.717) is 17.5 Å². The monoisotopic (exact) mass is 603 g/mol. The summed E-state index contributed by atoms with van der Waals surface area (Å²) in [5.74, 6) is 3.52. The number of nitrogens with zero attached hydrogens (tertiary/aromatic N) is 3. The Balaban J connectivity index is 1.25. The van der Waals surface area contributed by atoms with E-state index < -0.39 is 5.41 Å². The van der Waals surface area contributed by atoms with Gasteiger partial charge in [-0.25, -0.2) is 15.0 Å². The van der Waals surface area contributed by atoms with Gasteiger partial charge in [0.1, 0.15) is 23.3 Å². The molecule has 8 aromatic rings. The third kappa shape index (κ3) is 3.62. The van der Waals surface area contributed by atoms with Gasteiger partial charge in [-0.05, 0) is 34.9 Å². The predicted molar refractivity (Wildman–Crippen MR) is 183 cm³/mol. The van der Waals surface area contributed by atoms with Crippen molar-refractivity contribution in [1.29, 1.82) is 0 Å². The van der Waals surface area contributed by atoms with Crippen molar-refractivity contribution in [2.24, 2.45) is 0 Å². The van der Waals surface area contributed by atoms with Gasteiger partial charge in [-0.3, -0.25) is 0 Å². The van der Waals surface area contributed by atoms with Gasteiger partial charge in [0.25, 0.3) is 0 Å². The van der Waals surface area contributed by atoms with Gasteiger partial charge in [0.05, 0.1) is 11.0 Å². The fraction of sp³-hybridized carbons (Fsp3) is 0.0238. The highest BCUT2D eigenvalue weighted by atomic mass is 16.5. The molecule has 0 radical (unpaired) electrons. The molecule has 0 fully saturated rings. The number of furan rings is 1. The quantitative estimate of drug-likeness (QED) is 0.201. The Morgan fingerprint density at radius 2 is 0.957 bits per heavy atom. The van der Waals surface area contributed by atoms with Crippen LogP contribution in [-0.2, 0) is 5.41 Å². The minimum absolute atomic E-state index is 0.563. The van der Waals surface area contributed by atoms with Crippen LogP contribution in [0.15, 0.2) is 156 Å². The molecule has 0 atom stereocenters. The van der Waals surface area contributed by atoms with Crippen LogP contribution in [0.2, 0.25) is 0 Å². The maximum atomic E-state index is 6.57. The van der Waals surface area contributed by atoms with E-state index in [4.69, 9.17) is 24.1 Å². The normalized spacial score (nSPS) is 13.4. The Labute approximate surface area is 270 Å². The van der Waals surface area contributed by atoms with Gasteiger partial charge >= 0.3 is 0 Å². The highest BCUT2D eigenvalue weighted by Crippen LogP contribution is 2.63. The third-order valence-electron chi connectivity index (χ3n) is 9.49. The molecule has 0 saturated carbocycles. The molecule has 47 heavy (non-hydrogen) atoms. The van der Waals surface area contributed by atoms with E-state index in [0.717, 1.165) is 61.4 Å². The zero-order valence-corrected chi connectivity index (χ0v) is 25.1. The summed E-state index contributed by atoms with van der Waals surface area (Å²) in [6.45, 7) is 0. The predicted octanol–water partition coefficient (Wildman–Crippen LogP) is 10.1. The van der Waals surface area contributed by atoms with Gasteiger partial charge in [-0.2, -0.15) is 0 Å². The van der Waals surface area contributed by atoms with Crippen LogP contribution >= 0.6 is 0 Å². The SMILES string of the molecule is c1ccc(-c2nc(-c3ccccc3)nc(-c3coc4c5c(ccc34)C3(c4ccccc4Oc4ccccc43)c3ccccc3-5)n2)cc1. The first-order valence-corrected chi connectivity index (χ1v) is 15.7. The molecule has 0 unspecified atom stereocenters. The molecule has 5 nitrogen and oxygen atoms in total. The lowest BCUT2D eigenvalue weighted by Crippen LogP contribution is -2.32. The van der Waals surface area contributed by atoms with E-state index in [1.807, 2.05) is 72.8 Å². The van der Waals surface area contributed by atoms with Crippen molar-refractivity contribution in [3.05, 3.63) is 174 Å². The van der Waals surface area contributed by atoms with Crippen LogP contribution in [0.3, 0.4) is 0 Å². The molecule has 0 amide bonds. The molecule has 2 aliphatic rings. The molecule has 0 N–H and O–H groups in total. The van der Waals surface area contributed by atoms with Crippen LogP contribution < -0.4 is 4.74 Å². The summed E-state index contributed by atoms with van der Waals surface area (Å²) in [6, 6.07) is 49.9. The maximum absolute atomic E-state index is 6.57. The van der Waals surface area contributed by atoms with Gasteiger partial charge in [0.2, 0.25) is 0 Å². The van der Waals surface area contributed by atoms with E-state index >= 15 is 0 Å². The molecule has 1 aliphatic carbocycles. The molecular weight excluding hydrogens is 578 g/mol. The number of fused-ring (bicyclic) bond motifs is 11. The van der Waals surface area contributed by atoms with Gasteiger partial charge < -0.3 is 9.15 Å². The second-order valence-electron chi connectivity index (χ2n) is 11.9. The fourth-order valence-corrected chi connectivity index (χ4v) is 7.53. The molecule has 1 aliphatic heterocycles. The molecule has 2 aromatic heterocycles. The van der Waals surface area contributed by atoms with Gasteiger partial charge in [0, 0.05) is 33.2 Å². The summed E-state index contributed by atoms with van der Waals surface area (Å²) in [6.07, 6.45) is 1.79. The number of rotatable bonds is 3. The second kappa shape index (κ2) is 9.83. The Kier molecular flexibility index (Phi) is 5.43. The van der Waals surface area contributed by atoms with Crippen LogP contribution in [0.25, 0.3) is 56.3 Å². The van der Waals surface area contributed by atoms with Crippen LogP contribution in [0.1, 0.15) is 22.3 Å². The van der Waals surface area contributed by atoms with Crippen molar-refractivity contribution in [3.63, 3.8) is 0 Å². The van der Waals surface area contributed by atoms with Gasteiger partial charge in [-0.1, -0.05) is 127 Å². The molecule has 0 saturated heterocycles. The first-order valence-electron chi connectivity index (χ1n) is 15.7. The Hall–Kier alpha value is -6.33. The molecule has 3 heterocycles. The lowest BCUT2D eigenvalue weighted by molar-refractivity contribution is 0.436. The van der Waals surface area contributed by atoms with Crippen LogP contribution in [0.5, 0.6) is 11.5 Å². The standard InChI is InChI=1S/C42H25N3O2/c1-3-13-26(14-4-1)39-43-40(27-15-5-2-6-16-27)45-41(44-39)30-25-46-38-28(30)23-24-34-37(38)29-17-7-8-18-31(29)42(34)32-19-9-11-21-35(32)47-36-22-12-10-20-33(36)42/h1-25H. The van der Waals surface area contributed by atoms with E-state index in [1.54, 1.807) is 6.26 Å². The zero-order valence-electron chi connectivity index (χ0n) is 25.1. The average molecular weight is 604 g/mol. The Morgan fingerprint density at radius 1 is 0.426 bits per heavy atom. The van der Waals surface area contributed by atoms with E-state index in [2.05, 4.69) is 72.8 Å². The van der Waals surface area contributed by atoms with Crippen molar-refractivity contribution < 1.29 is 9.15 Å². The summed E-state index contributed by atoms with van der Waals surface area (Å²) < 4.78 is 13.1. The van der Waals surface area contributed by atoms with Crippen LogP contribution in [0, 0.1) is 0 Å². The lowest BCUT2D eigenvalue weighted by Gasteiger charge is -2.39. The topological polar surface area (TPSA) is 61.0 Å². The summed E-state index contributed by atoms with van der Waals surface area (Å²) in [4.78, 5) is 14.9. The molecule has 6 aromatic carbocycles. The van der Waals surface area contributed by atoms with Crippen molar-refractivity contribution in [3.8, 4) is 56.8 Å². The molecule has 1 spiro atoms. The fourth-order valence-electron chi connectivity index (χ4n) is 7.53. The number of hydrogen-bond acceptors (Lipinski definition) is 5. The van der Waals surface area contributed by atoms with E-state index in [9.17, 15) is 0 Å². The van der Waals surface area contributed by atoms with Crippen molar-refractivity contribution in [2.45, 2.75) is 5.41 Å². The molecule has 5 heteroatoms. The average Bonchev–Trinajstić information content (AvgIpc) is 3.71. The van der Waals surface area contributed by atoms with Crippen molar-refractivity contribution >= 4 is 11.0 Å². The maximum Gasteiger partial charge on any atom is 0.167 e. The number of para-hydroxylation sites is 2. The Bertz CT molecular complexity index is 2400. The lowest BCUT2D eigenvalue weighted by atomic mass is 9.66. The molecule has 220 valence electrons. The van der Waals surface area contributed by atoms with Gasteiger partial charge in [-0.15, -0.1) is 0 Å². The van der Waals surface area contributed by atoms with Crippen LogP contribution in [-0.4, -0.2) is 15.0 Å². The highest BCUT2D eigenvalue weighted by molar-refractivity contribution is 6.06. The smallest absolute Gasteiger partial charge is 0.167 e. The Morgan fingerprint density at radius 3 is 1.60 bits per heavy atom. The molecular formula is C42H25N3O2. The molecule has 0 bridgehead atoms. The third-order valence-corrected chi connectivity index (χ3v) is 9.49. The first kappa shape index (κ1) is 25.9. The summed E-state index contributed by atoms with van der Waals surface area (Å²) >= 11 is 0. The van der Waals surface area contributed by atoms with Gasteiger partial charge in [0.15, 0.2) is 17.5 Å². The minimum Gasteiger partial charge on any atom is -0.463 e. The summed E-state index contributed by atoms with van der Waals surface area (Å²) in [7, 11) is 0. The van der Waals surface area contributed by atoms with Crippen LogP contribution in [0.4, 0.5) is 0 Å². The van der Waals surface area contributed by atoms with Crippen molar-refractivity contribution in [1.82, 2.24) is 15.0 Å². The summed E-state index contributed by atoms with van der Waals surface area (Å²) in [5.41, 5.74) is 9.76. The number of hydrogen-bond donors (Lipinski definition) is 0. The minimum atomic E-state index is -0.563. The van der Waals surface area contributed by atoms with Crippen molar-refractivity contribution in [2.75, 3.05) is 0 Å². The second-order valence-corrected chi connectivity index (χ2v) is 11.9. The molecule has 10 rings (SSSR count). The zero-order chi connectivity index (χ0) is 31.0. The van der Waals surface area contributed by atoms with E-state index in [1.165, 1.54) is 11.1 Å². The number of aromatic nitrogens is 3. The first-order chi connectivity index (χ1) is 23.3.